The van der Waals surface area contributed by atoms with Crippen LogP contribution >= 0.6 is 0 Å². The van der Waals surface area contributed by atoms with Gasteiger partial charge in [-0.1, -0.05) is 93.2 Å². The maximum atomic E-state index is 6.60. The molecule has 0 aromatic carbocycles. The van der Waals surface area contributed by atoms with Crippen LogP contribution in [-0.2, 0) is 4.74 Å². The van der Waals surface area contributed by atoms with Crippen LogP contribution in [0.1, 0.15) is 106 Å². The van der Waals surface area contributed by atoms with Gasteiger partial charge in [-0.05, 0) is 36.5 Å². The minimum absolute atomic E-state index is 0.0852. The van der Waals surface area contributed by atoms with Crippen molar-refractivity contribution in [1.82, 2.24) is 0 Å². The molecule has 0 heterocycles. The third kappa shape index (κ3) is 3.71. The highest BCUT2D eigenvalue weighted by molar-refractivity contribution is 5.18. The van der Waals surface area contributed by atoms with E-state index in [2.05, 4.69) is 54.7 Å². The van der Waals surface area contributed by atoms with Crippen molar-refractivity contribution in [3.8, 4) is 0 Å². The molecular formula is C24H42O. The number of ether oxygens (including phenoxy) is 1. The zero-order valence-electron chi connectivity index (χ0n) is 17.9. The Hall–Kier alpha value is -0.720. The zero-order chi connectivity index (χ0) is 18.9. The first-order valence-corrected chi connectivity index (χ1v) is 10.5. The third-order valence-electron chi connectivity index (χ3n) is 7.60. The molecule has 0 radical (unpaired) electrons. The molecule has 0 amide bonds. The Bertz CT molecular complexity index is 439. The second-order valence-corrected chi connectivity index (χ2v) is 10.7. The number of hydrogen-bond acceptors (Lipinski definition) is 1. The van der Waals surface area contributed by atoms with Gasteiger partial charge in [0.25, 0.3) is 0 Å². The van der Waals surface area contributed by atoms with E-state index >= 15 is 0 Å². The summed E-state index contributed by atoms with van der Waals surface area (Å²) in [4.78, 5) is 0. The fraction of sp³-hybridized carbons (Fsp3) is 0.833. The number of rotatable bonds is 4. The predicted molar refractivity (Wildman–Crippen MR) is 109 cm³/mol. The smallest absolute Gasteiger partial charge is 0.103 e. The van der Waals surface area contributed by atoms with Gasteiger partial charge in [0.1, 0.15) is 11.5 Å². The summed E-state index contributed by atoms with van der Waals surface area (Å²) < 4.78 is 6.60. The summed E-state index contributed by atoms with van der Waals surface area (Å²) in [6.07, 6.45) is 12.6. The third-order valence-corrected chi connectivity index (χ3v) is 7.60. The molecule has 2 saturated carbocycles. The van der Waals surface area contributed by atoms with Crippen LogP contribution in [0.15, 0.2) is 24.7 Å². The van der Waals surface area contributed by atoms with Gasteiger partial charge in [-0.25, -0.2) is 0 Å². The second-order valence-electron chi connectivity index (χ2n) is 10.7. The van der Waals surface area contributed by atoms with E-state index in [1.54, 1.807) is 0 Å². The molecule has 0 unspecified atom stereocenters. The van der Waals surface area contributed by atoms with Crippen molar-refractivity contribution in [2.75, 3.05) is 0 Å². The van der Waals surface area contributed by atoms with Crippen molar-refractivity contribution in [3.63, 3.8) is 0 Å². The SMILES string of the molecule is C=C(OC(=C)C1(C(C)(C)C)CCCCC1)C1(C(C)(C)C)CCCCC1. The van der Waals surface area contributed by atoms with Gasteiger partial charge >= 0.3 is 0 Å². The van der Waals surface area contributed by atoms with Crippen LogP contribution in [0.3, 0.4) is 0 Å². The highest BCUT2D eigenvalue weighted by atomic mass is 16.5. The fourth-order valence-electron chi connectivity index (χ4n) is 5.55. The van der Waals surface area contributed by atoms with E-state index in [-0.39, 0.29) is 21.7 Å². The van der Waals surface area contributed by atoms with Gasteiger partial charge in [-0.15, -0.1) is 0 Å². The van der Waals surface area contributed by atoms with E-state index in [1.165, 1.54) is 64.2 Å². The monoisotopic (exact) mass is 346 g/mol. The first-order valence-electron chi connectivity index (χ1n) is 10.5. The van der Waals surface area contributed by atoms with Crippen LogP contribution in [-0.4, -0.2) is 0 Å². The molecule has 0 bridgehead atoms. The Balaban J connectivity index is 2.26. The summed E-state index contributed by atoms with van der Waals surface area (Å²) in [5, 5.41) is 0. The molecule has 0 aliphatic heterocycles. The molecule has 1 heteroatoms. The van der Waals surface area contributed by atoms with Crippen molar-refractivity contribution in [3.05, 3.63) is 24.7 Å². The fourth-order valence-corrected chi connectivity index (χ4v) is 5.55. The van der Waals surface area contributed by atoms with Crippen LogP contribution in [0.4, 0.5) is 0 Å². The van der Waals surface area contributed by atoms with Crippen molar-refractivity contribution in [2.45, 2.75) is 106 Å². The van der Waals surface area contributed by atoms with Crippen LogP contribution in [0.25, 0.3) is 0 Å². The van der Waals surface area contributed by atoms with Gasteiger partial charge in [0.2, 0.25) is 0 Å². The average molecular weight is 347 g/mol. The molecule has 1 nitrogen and oxygen atoms in total. The number of hydrogen-bond donors (Lipinski definition) is 0. The second kappa shape index (κ2) is 7.12. The topological polar surface area (TPSA) is 9.23 Å². The van der Waals surface area contributed by atoms with Crippen molar-refractivity contribution < 1.29 is 4.74 Å². The maximum Gasteiger partial charge on any atom is 0.103 e. The van der Waals surface area contributed by atoms with E-state index in [9.17, 15) is 0 Å². The van der Waals surface area contributed by atoms with Crippen LogP contribution in [0.2, 0.25) is 0 Å². The Morgan fingerprint density at radius 3 is 1.12 bits per heavy atom. The minimum atomic E-state index is 0.0852. The Kier molecular flexibility index (Phi) is 5.87. The Morgan fingerprint density at radius 2 is 0.880 bits per heavy atom. The molecule has 2 aliphatic rings. The molecule has 25 heavy (non-hydrogen) atoms. The summed E-state index contributed by atoms with van der Waals surface area (Å²) in [5.74, 6) is 1.97. The van der Waals surface area contributed by atoms with Crippen LogP contribution < -0.4 is 0 Å². The molecule has 144 valence electrons. The van der Waals surface area contributed by atoms with E-state index in [1.807, 2.05) is 0 Å². The lowest BCUT2D eigenvalue weighted by Crippen LogP contribution is -2.43. The summed E-state index contributed by atoms with van der Waals surface area (Å²) in [5.41, 5.74) is 0.516. The summed E-state index contributed by atoms with van der Waals surface area (Å²) >= 11 is 0. The Labute approximate surface area is 157 Å². The first-order chi connectivity index (χ1) is 11.5. The predicted octanol–water partition coefficient (Wildman–Crippen LogP) is 8.02. The minimum Gasteiger partial charge on any atom is -0.466 e. The molecule has 0 spiro atoms. The highest BCUT2D eigenvalue weighted by Crippen LogP contribution is 2.58. The average Bonchev–Trinajstić information content (AvgIpc) is 2.54. The standard InChI is InChI=1S/C24H42O/c1-19(23(21(3,4)5)15-11-9-12-16-23)25-20(2)24(22(6,7)8)17-13-10-14-18-24/h1-2,9-18H2,3-8H3. The molecule has 2 fully saturated rings. The van der Waals surface area contributed by atoms with Crippen molar-refractivity contribution in [2.24, 2.45) is 21.7 Å². The molecule has 0 saturated heterocycles. The van der Waals surface area contributed by atoms with Gasteiger partial charge in [0.05, 0.1) is 0 Å². The quantitative estimate of drug-likeness (QED) is 0.468. The van der Waals surface area contributed by atoms with Gasteiger partial charge in [0.15, 0.2) is 0 Å². The van der Waals surface area contributed by atoms with Gasteiger partial charge in [0, 0.05) is 10.8 Å². The lowest BCUT2D eigenvalue weighted by molar-refractivity contribution is -0.0181. The van der Waals surface area contributed by atoms with E-state index < -0.39 is 0 Å². The Morgan fingerprint density at radius 1 is 0.600 bits per heavy atom. The molecule has 0 aromatic heterocycles. The molecule has 0 N–H and O–H groups in total. The lowest BCUT2D eigenvalue weighted by atomic mass is 9.57. The van der Waals surface area contributed by atoms with Crippen molar-refractivity contribution >= 4 is 0 Å². The van der Waals surface area contributed by atoms with Crippen molar-refractivity contribution in [1.29, 1.82) is 0 Å². The summed E-state index contributed by atoms with van der Waals surface area (Å²) in [7, 11) is 0. The number of allylic oxidation sites excluding steroid dienone is 2. The molecule has 0 atom stereocenters. The molecule has 2 aliphatic carbocycles. The summed E-state index contributed by atoms with van der Waals surface area (Å²) in [6.45, 7) is 23.1. The highest BCUT2D eigenvalue weighted by Gasteiger charge is 2.50. The largest absolute Gasteiger partial charge is 0.466 e. The van der Waals surface area contributed by atoms with E-state index in [0.29, 0.717) is 0 Å². The van der Waals surface area contributed by atoms with Crippen LogP contribution in [0.5, 0.6) is 0 Å². The van der Waals surface area contributed by atoms with Crippen LogP contribution in [0, 0.1) is 21.7 Å². The van der Waals surface area contributed by atoms with E-state index in [4.69, 9.17) is 4.74 Å². The van der Waals surface area contributed by atoms with Gasteiger partial charge in [-0.3, -0.25) is 0 Å². The normalized spacial score (nSPS) is 23.8. The molecule has 0 aromatic rings. The lowest BCUT2D eigenvalue weighted by Gasteiger charge is -2.52. The van der Waals surface area contributed by atoms with Gasteiger partial charge in [-0.2, -0.15) is 0 Å². The summed E-state index contributed by atoms with van der Waals surface area (Å²) in [6, 6.07) is 0. The zero-order valence-corrected chi connectivity index (χ0v) is 17.9. The van der Waals surface area contributed by atoms with E-state index in [0.717, 1.165) is 11.5 Å². The maximum absolute atomic E-state index is 6.60. The van der Waals surface area contributed by atoms with Gasteiger partial charge < -0.3 is 4.74 Å². The molecule has 2 rings (SSSR count). The molecular weight excluding hydrogens is 304 g/mol. The first kappa shape index (κ1) is 20.6.